The molecule has 1 heterocycles. The van der Waals surface area contributed by atoms with Gasteiger partial charge in [-0.1, -0.05) is 6.07 Å². The molecule has 2 aromatic rings. The molecule has 0 aliphatic heterocycles. The molecule has 2 rings (SSSR count). The molecule has 0 spiro atoms. The highest BCUT2D eigenvalue weighted by atomic mass is 19.4. The lowest BCUT2D eigenvalue weighted by molar-refractivity contribution is -0.137. The van der Waals surface area contributed by atoms with Gasteiger partial charge in [0.2, 0.25) is 0 Å². The van der Waals surface area contributed by atoms with E-state index < -0.39 is 17.3 Å². The maximum absolute atomic E-state index is 12.7. The number of aryl methyl sites for hydroxylation is 1. The number of nitrogens with one attached hydrogen (secondary N) is 1. The maximum Gasteiger partial charge on any atom is 0.416 e. The number of benzene rings is 1. The molecule has 0 unspecified atom stereocenters. The number of azo groups is 1. The fraction of sp³-hybridized carbons (Fsp3) is 0.200. The summed E-state index contributed by atoms with van der Waals surface area (Å²) in [6.45, 7) is 3.09. The van der Waals surface area contributed by atoms with Gasteiger partial charge in [0.25, 0.3) is 5.56 Å². The van der Waals surface area contributed by atoms with E-state index >= 15 is 0 Å². The molecule has 0 radical (unpaired) electrons. The van der Waals surface area contributed by atoms with E-state index in [1.807, 2.05) is 0 Å². The van der Waals surface area contributed by atoms with Crippen LogP contribution >= 0.6 is 0 Å². The van der Waals surface area contributed by atoms with E-state index in [2.05, 4.69) is 15.2 Å². The average Bonchev–Trinajstić information content (AvgIpc) is 2.46. The summed E-state index contributed by atoms with van der Waals surface area (Å²) in [4.78, 5) is 14.1. The molecule has 1 aromatic carbocycles. The van der Waals surface area contributed by atoms with Gasteiger partial charge in [0.05, 0.1) is 11.3 Å². The van der Waals surface area contributed by atoms with Gasteiger partial charge in [-0.25, -0.2) is 0 Å². The summed E-state index contributed by atoms with van der Waals surface area (Å²) in [6.07, 6.45) is -4.47. The summed E-state index contributed by atoms with van der Waals surface area (Å²) in [5, 5.41) is 16.6. The van der Waals surface area contributed by atoms with Gasteiger partial charge in [-0.05, 0) is 32.0 Å². The Morgan fingerprint density at radius 2 is 1.91 bits per heavy atom. The zero-order valence-corrected chi connectivity index (χ0v) is 12.2. The molecule has 0 fully saturated rings. The summed E-state index contributed by atoms with van der Waals surface area (Å²) in [6, 6.07) is 6.17. The number of hydrogen-bond acceptors (Lipinski definition) is 4. The monoisotopic (exact) mass is 320 g/mol. The quantitative estimate of drug-likeness (QED) is 0.837. The van der Waals surface area contributed by atoms with Gasteiger partial charge < -0.3 is 4.98 Å². The second-order valence-electron chi connectivity index (χ2n) is 4.79. The van der Waals surface area contributed by atoms with Gasteiger partial charge >= 0.3 is 6.18 Å². The molecular weight excluding hydrogens is 309 g/mol. The van der Waals surface area contributed by atoms with Gasteiger partial charge in [-0.15, -0.1) is 5.11 Å². The Kier molecular flexibility index (Phi) is 4.31. The second-order valence-corrected chi connectivity index (χ2v) is 4.79. The Morgan fingerprint density at radius 1 is 1.22 bits per heavy atom. The fourth-order valence-electron chi connectivity index (χ4n) is 2.00. The third-order valence-electron chi connectivity index (χ3n) is 3.16. The highest BCUT2D eigenvalue weighted by Gasteiger charge is 2.30. The lowest BCUT2D eigenvalue weighted by atomic mass is 10.1. The van der Waals surface area contributed by atoms with Crippen molar-refractivity contribution < 1.29 is 13.2 Å². The van der Waals surface area contributed by atoms with Crippen LogP contribution in [0.15, 0.2) is 39.3 Å². The Hall–Kier alpha value is -2.95. The van der Waals surface area contributed by atoms with E-state index in [4.69, 9.17) is 5.26 Å². The first kappa shape index (κ1) is 16.4. The predicted octanol–water partition coefficient (Wildman–Crippen LogP) is 4.30. The summed E-state index contributed by atoms with van der Waals surface area (Å²) < 4.78 is 38.0. The van der Waals surface area contributed by atoms with Crippen LogP contribution in [0.3, 0.4) is 0 Å². The molecule has 1 N–H and O–H groups in total. The van der Waals surface area contributed by atoms with Crippen molar-refractivity contribution in [2.75, 3.05) is 0 Å². The predicted molar refractivity (Wildman–Crippen MR) is 76.9 cm³/mol. The summed E-state index contributed by atoms with van der Waals surface area (Å²) >= 11 is 0. The molecule has 0 amide bonds. The van der Waals surface area contributed by atoms with Crippen LogP contribution in [0.2, 0.25) is 0 Å². The Balaban J connectivity index is 2.47. The Bertz CT molecular complexity index is 876. The van der Waals surface area contributed by atoms with Gasteiger partial charge in [0.15, 0.2) is 0 Å². The zero-order chi connectivity index (χ0) is 17.2. The lowest BCUT2D eigenvalue weighted by Crippen LogP contribution is -2.13. The first-order chi connectivity index (χ1) is 10.7. The van der Waals surface area contributed by atoms with Crippen LogP contribution in [0.5, 0.6) is 0 Å². The lowest BCUT2D eigenvalue weighted by Gasteiger charge is -2.07. The van der Waals surface area contributed by atoms with Crippen LogP contribution in [0, 0.1) is 25.2 Å². The minimum absolute atomic E-state index is 0.0170. The van der Waals surface area contributed by atoms with Gasteiger partial charge in [-0.3, -0.25) is 4.79 Å². The van der Waals surface area contributed by atoms with E-state index in [1.54, 1.807) is 13.0 Å². The molecule has 8 heteroatoms. The Morgan fingerprint density at radius 3 is 2.52 bits per heavy atom. The van der Waals surface area contributed by atoms with Crippen molar-refractivity contribution in [3.63, 3.8) is 0 Å². The first-order valence-corrected chi connectivity index (χ1v) is 6.46. The van der Waals surface area contributed by atoms with Crippen LogP contribution in [-0.4, -0.2) is 4.98 Å². The van der Waals surface area contributed by atoms with E-state index in [0.29, 0.717) is 11.3 Å². The molecule has 118 valence electrons. The number of halogens is 3. The molecule has 0 saturated heterocycles. The number of pyridine rings is 1. The minimum atomic E-state index is -4.47. The minimum Gasteiger partial charge on any atom is -0.323 e. The summed E-state index contributed by atoms with van der Waals surface area (Å²) in [7, 11) is 0. The number of nitrogens with zero attached hydrogens (tertiary/aromatic N) is 3. The number of H-pyrrole nitrogens is 1. The van der Waals surface area contributed by atoms with Crippen molar-refractivity contribution in [1.29, 1.82) is 5.26 Å². The van der Waals surface area contributed by atoms with Crippen LogP contribution in [0.25, 0.3) is 0 Å². The van der Waals surface area contributed by atoms with Crippen LogP contribution < -0.4 is 5.56 Å². The summed E-state index contributed by atoms with van der Waals surface area (Å²) in [5.41, 5.74) is -0.510. The number of aromatic nitrogens is 1. The molecule has 0 aliphatic rings. The summed E-state index contributed by atoms with van der Waals surface area (Å²) in [5.74, 6) is 0. The van der Waals surface area contributed by atoms with Crippen molar-refractivity contribution in [2.24, 2.45) is 10.2 Å². The first-order valence-electron chi connectivity index (χ1n) is 6.46. The van der Waals surface area contributed by atoms with Crippen LogP contribution in [0.4, 0.5) is 24.5 Å². The highest BCUT2D eigenvalue weighted by Crippen LogP contribution is 2.32. The molecule has 23 heavy (non-hydrogen) atoms. The number of alkyl halides is 3. The standard InChI is InChI=1S/C15H11F3N4O/c1-8-12(7-19)14(23)20-9(2)13(8)22-21-11-5-3-4-10(6-11)15(16,17)18/h3-6H,1-2H3,(H,20,23). The van der Waals surface area contributed by atoms with Crippen molar-refractivity contribution in [1.82, 2.24) is 4.98 Å². The molecule has 0 saturated carbocycles. The Labute approximate surface area is 129 Å². The van der Waals surface area contributed by atoms with E-state index in [-0.39, 0.29) is 16.9 Å². The van der Waals surface area contributed by atoms with Crippen molar-refractivity contribution in [2.45, 2.75) is 20.0 Å². The molecule has 5 nitrogen and oxygen atoms in total. The number of nitriles is 1. The topological polar surface area (TPSA) is 81.4 Å². The number of hydrogen-bond donors (Lipinski definition) is 1. The normalized spacial score (nSPS) is 11.7. The van der Waals surface area contributed by atoms with Gasteiger partial charge in [0.1, 0.15) is 17.3 Å². The van der Waals surface area contributed by atoms with Gasteiger partial charge in [-0.2, -0.15) is 23.5 Å². The molecule has 1 aromatic heterocycles. The highest BCUT2D eigenvalue weighted by molar-refractivity contribution is 5.55. The SMILES string of the molecule is Cc1[nH]c(=O)c(C#N)c(C)c1N=Nc1cccc(C(F)(F)F)c1. The van der Waals surface area contributed by atoms with Crippen LogP contribution in [-0.2, 0) is 6.18 Å². The molecule has 0 bridgehead atoms. The molecule has 0 atom stereocenters. The third kappa shape index (κ3) is 3.45. The van der Waals surface area contributed by atoms with Crippen LogP contribution in [0.1, 0.15) is 22.4 Å². The van der Waals surface area contributed by atoms with E-state index in [0.717, 1.165) is 12.1 Å². The average molecular weight is 320 g/mol. The number of aromatic amines is 1. The maximum atomic E-state index is 12.7. The fourth-order valence-corrected chi connectivity index (χ4v) is 2.00. The van der Waals surface area contributed by atoms with E-state index in [9.17, 15) is 18.0 Å². The van der Waals surface area contributed by atoms with Crippen molar-refractivity contribution >= 4 is 11.4 Å². The second kappa shape index (κ2) is 6.04. The van der Waals surface area contributed by atoms with Crippen molar-refractivity contribution in [3.8, 4) is 6.07 Å². The third-order valence-corrected chi connectivity index (χ3v) is 3.16. The van der Waals surface area contributed by atoms with Gasteiger partial charge in [0, 0.05) is 11.3 Å². The van der Waals surface area contributed by atoms with E-state index in [1.165, 1.54) is 19.1 Å². The molecule has 0 aliphatic carbocycles. The zero-order valence-electron chi connectivity index (χ0n) is 12.2. The molecular formula is C15H11F3N4O. The number of rotatable bonds is 2. The smallest absolute Gasteiger partial charge is 0.323 e. The largest absolute Gasteiger partial charge is 0.416 e. The van der Waals surface area contributed by atoms with Crippen molar-refractivity contribution in [3.05, 3.63) is 57.0 Å².